The number of hydrogen-bond acceptors (Lipinski definition) is 2. The second-order valence-electron chi connectivity index (χ2n) is 5.56. The second kappa shape index (κ2) is 10.7. The fourth-order valence-electron chi connectivity index (χ4n) is 2.25. The van der Waals surface area contributed by atoms with E-state index < -0.39 is 0 Å². The Bertz CT molecular complexity index is 444. The van der Waals surface area contributed by atoms with E-state index in [4.69, 9.17) is 4.74 Å². The summed E-state index contributed by atoms with van der Waals surface area (Å²) in [5.41, 5.74) is 1.19. The van der Waals surface area contributed by atoms with Crippen LogP contribution in [0.1, 0.15) is 38.2 Å². The van der Waals surface area contributed by atoms with E-state index in [-0.39, 0.29) is 24.0 Å². The van der Waals surface area contributed by atoms with Crippen molar-refractivity contribution in [1.82, 2.24) is 10.6 Å². The zero-order valence-electron chi connectivity index (χ0n) is 13.6. The number of nitrogens with one attached hydrogen (secondary N) is 2. The van der Waals surface area contributed by atoms with Crippen LogP contribution in [0.25, 0.3) is 0 Å². The lowest BCUT2D eigenvalue weighted by Gasteiger charge is -2.11. The molecule has 1 fully saturated rings. The van der Waals surface area contributed by atoms with Gasteiger partial charge in [0.2, 0.25) is 0 Å². The van der Waals surface area contributed by atoms with Crippen molar-refractivity contribution in [3.8, 4) is 5.75 Å². The fourth-order valence-corrected chi connectivity index (χ4v) is 2.25. The third-order valence-electron chi connectivity index (χ3n) is 3.70. The van der Waals surface area contributed by atoms with Crippen molar-refractivity contribution in [2.24, 2.45) is 10.9 Å². The molecule has 0 saturated heterocycles. The van der Waals surface area contributed by atoms with Crippen molar-refractivity contribution >= 4 is 29.9 Å². The van der Waals surface area contributed by atoms with Crippen molar-refractivity contribution < 1.29 is 4.74 Å². The number of halogens is 1. The van der Waals surface area contributed by atoms with Crippen LogP contribution in [0.5, 0.6) is 5.75 Å². The highest BCUT2D eigenvalue weighted by Gasteiger charge is 2.19. The SMILES string of the molecule is CCNC(=NCc1ccc(OC)cc1)NCCCC1CC1.I. The minimum atomic E-state index is 0. The van der Waals surface area contributed by atoms with Gasteiger partial charge in [0, 0.05) is 13.1 Å². The average molecular weight is 417 g/mol. The molecule has 2 rings (SSSR count). The molecular weight excluding hydrogens is 389 g/mol. The first-order chi connectivity index (χ1) is 10.3. The maximum atomic E-state index is 5.16. The molecule has 2 N–H and O–H groups in total. The Kier molecular flexibility index (Phi) is 9.27. The van der Waals surface area contributed by atoms with Crippen molar-refractivity contribution in [3.63, 3.8) is 0 Å². The number of guanidine groups is 1. The number of hydrogen-bond donors (Lipinski definition) is 2. The Morgan fingerprint density at radius 3 is 2.55 bits per heavy atom. The molecule has 0 amide bonds. The Labute approximate surface area is 151 Å². The Morgan fingerprint density at radius 2 is 1.95 bits per heavy atom. The number of benzene rings is 1. The summed E-state index contributed by atoms with van der Waals surface area (Å²) in [5, 5.41) is 6.70. The molecule has 0 spiro atoms. The van der Waals surface area contributed by atoms with Crippen LogP contribution in [0.4, 0.5) is 0 Å². The number of rotatable bonds is 8. The molecule has 1 aromatic carbocycles. The minimum absolute atomic E-state index is 0. The molecule has 1 aromatic rings. The van der Waals surface area contributed by atoms with Crippen molar-refractivity contribution in [2.75, 3.05) is 20.2 Å². The van der Waals surface area contributed by atoms with Crippen LogP contribution in [0.3, 0.4) is 0 Å². The molecule has 0 aliphatic heterocycles. The van der Waals surface area contributed by atoms with E-state index in [2.05, 4.69) is 34.7 Å². The molecule has 0 bridgehead atoms. The normalized spacial score (nSPS) is 14.2. The third kappa shape index (κ3) is 7.33. The quantitative estimate of drug-likeness (QED) is 0.294. The summed E-state index contributed by atoms with van der Waals surface area (Å²) in [7, 11) is 1.68. The van der Waals surface area contributed by atoms with Gasteiger partial charge >= 0.3 is 0 Å². The monoisotopic (exact) mass is 417 g/mol. The molecule has 1 aliphatic carbocycles. The van der Waals surface area contributed by atoms with E-state index in [0.29, 0.717) is 6.54 Å². The molecule has 0 aromatic heterocycles. The maximum Gasteiger partial charge on any atom is 0.191 e. The highest BCUT2D eigenvalue weighted by Crippen LogP contribution is 2.33. The fraction of sp³-hybridized carbons (Fsp3) is 0.588. The van der Waals surface area contributed by atoms with Crippen LogP contribution in [0.15, 0.2) is 29.3 Å². The lowest BCUT2D eigenvalue weighted by Crippen LogP contribution is -2.37. The zero-order chi connectivity index (χ0) is 14.9. The van der Waals surface area contributed by atoms with Gasteiger partial charge in [-0.2, -0.15) is 0 Å². The molecule has 0 radical (unpaired) electrons. The lowest BCUT2D eigenvalue weighted by molar-refractivity contribution is 0.414. The maximum absolute atomic E-state index is 5.16. The number of ether oxygens (including phenoxy) is 1. The standard InChI is InChI=1S/C17H27N3O.HI/c1-3-18-17(19-12-4-5-14-6-7-14)20-13-15-8-10-16(21-2)11-9-15;/h8-11,14H,3-7,12-13H2,1-2H3,(H2,18,19,20);1H. The predicted molar refractivity (Wildman–Crippen MR) is 103 cm³/mol. The van der Waals surface area contributed by atoms with E-state index in [1.54, 1.807) is 7.11 Å². The van der Waals surface area contributed by atoms with Gasteiger partial charge < -0.3 is 15.4 Å². The smallest absolute Gasteiger partial charge is 0.191 e. The Morgan fingerprint density at radius 1 is 1.23 bits per heavy atom. The highest BCUT2D eigenvalue weighted by atomic mass is 127. The molecule has 1 aliphatic rings. The minimum Gasteiger partial charge on any atom is -0.497 e. The molecule has 124 valence electrons. The van der Waals surface area contributed by atoms with Gasteiger partial charge in [-0.15, -0.1) is 24.0 Å². The van der Waals surface area contributed by atoms with Gasteiger partial charge in [0.25, 0.3) is 0 Å². The highest BCUT2D eigenvalue weighted by molar-refractivity contribution is 14.0. The first-order valence-corrected chi connectivity index (χ1v) is 7.97. The van der Waals surface area contributed by atoms with Gasteiger partial charge in [-0.3, -0.25) is 0 Å². The first-order valence-electron chi connectivity index (χ1n) is 7.97. The van der Waals surface area contributed by atoms with Crippen LogP contribution in [0.2, 0.25) is 0 Å². The molecule has 1 saturated carbocycles. The van der Waals surface area contributed by atoms with E-state index >= 15 is 0 Å². The van der Waals surface area contributed by atoms with Crippen LogP contribution < -0.4 is 15.4 Å². The summed E-state index contributed by atoms with van der Waals surface area (Å²) in [6.45, 7) is 4.67. The van der Waals surface area contributed by atoms with Crippen molar-refractivity contribution in [2.45, 2.75) is 39.2 Å². The molecule has 0 heterocycles. The van der Waals surface area contributed by atoms with Crippen LogP contribution in [-0.4, -0.2) is 26.2 Å². The molecule has 22 heavy (non-hydrogen) atoms. The summed E-state index contributed by atoms with van der Waals surface area (Å²) >= 11 is 0. The van der Waals surface area contributed by atoms with Crippen LogP contribution >= 0.6 is 24.0 Å². The van der Waals surface area contributed by atoms with E-state index in [9.17, 15) is 0 Å². The molecule has 0 atom stereocenters. The Balaban J connectivity index is 0.00000242. The van der Waals surface area contributed by atoms with Gasteiger partial charge in [-0.25, -0.2) is 4.99 Å². The molecule has 4 nitrogen and oxygen atoms in total. The summed E-state index contributed by atoms with van der Waals surface area (Å²) < 4.78 is 5.16. The third-order valence-corrected chi connectivity index (χ3v) is 3.70. The lowest BCUT2D eigenvalue weighted by atomic mass is 10.2. The predicted octanol–water partition coefficient (Wildman–Crippen LogP) is 3.56. The topological polar surface area (TPSA) is 45.7 Å². The van der Waals surface area contributed by atoms with Gasteiger partial charge in [0.1, 0.15) is 5.75 Å². The summed E-state index contributed by atoms with van der Waals surface area (Å²) in [5.74, 6) is 2.79. The van der Waals surface area contributed by atoms with E-state index in [1.807, 2.05) is 12.1 Å². The summed E-state index contributed by atoms with van der Waals surface area (Å²) in [6, 6.07) is 8.06. The van der Waals surface area contributed by atoms with Gasteiger partial charge in [0.05, 0.1) is 13.7 Å². The van der Waals surface area contributed by atoms with E-state index in [0.717, 1.165) is 30.7 Å². The molecule has 5 heteroatoms. The first kappa shape index (κ1) is 19.1. The van der Waals surface area contributed by atoms with E-state index in [1.165, 1.54) is 31.2 Å². The second-order valence-corrected chi connectivity index (χ2v) is 5.56. The van der Waals surface area contributed by atoms with Crippen molar-refractivity contribution in [3.05, 3.63) is 29.8 Å². The van der Waals surface area contributed by atoms with Crippen molar-refractivity contribution in [1.29, 1.82) is 0 Å². The molecular formula is C17H28IN3O. The number of aliphatic imine (C=N–C) groups is 1. The van der Waals surface area contributed by atoms with Gasteiger partial charge in [-0.1, -0.05) is 25.0 Å². The van der Waals surface area contributed by atoms with Crippen LogP contribution in [0, 0.1) is 5.92 Å². The number of nitrogens with zero attached hydrogens (tertiary/aromatic N) is 1. The number of methoxy groups -OCH3 is 1. The molecule has 0 unspecified atom stereocenters. The zero-order valence-corrected chi connectivity index (χ0v) is 15.9. The summed E-state index contributed by atoms with van der Waals surface area (Å²) in [4.78, 5) is 4.63. The Hall–Kier alpha value is -0.980. The van der Waals surface area contributed by atoms with Gasteiger partial charge in [0.15, 0.2) is 5.96 Å². The van der Waals surface area contributed by atoms with Gasteiger partial charge in [-0.05, 0) is 43.4 Å². The van der Waals surface area contributed by atoms with Crippen LogP contribution in [-0.2, 0) is 6.54 Å². The summed E-state index contributed by atoms with van der Waals surface area (Å²) in [6.07, 6.45) is 5.46. The largest absolute Gasteiger partial charge is 0.497 e. The average Bonchev–Trinajstić information content (AvgIpc) is 3.33.